The fraction of sp³-hybridized carbons (Fsp3) is 0.409. The summed E-state index contributed by atoms with van der Waals surface area (Å²) in [6, 6.07) is 16.3. The SMILES string of the molecule is C[C@@H](C(=O)Nc1cccc(S(N)(=O)=O)c1)N1CCC(CCc2ccccc2)CC1. The quantitative estimate of drug-likeness (QED) is 0.727. The van der Waals surface area contributed by atoms with Crippen LogP contribution in [0.1, 0.15) is 31.7 Å². The molecule has 0 unspecified atom stereocenters. The van der Waals surface area contributed by atoms with Gasteiger partial charge in [-0.3, -0.25) is 9.69 Å². The topological polar surface area (TPSA) is 92.5 Å². The van der Waals surface area contributed by atoms with Crippen molar-refractivity contribution in [1.29, 1.82) is 0 Å². The first-order valence-electron chi connectivity index (χ1n) is 10.0. The van der Waals surface area contributed by atoms with Crippen molar-refractivity contribution in [2.45, 2.75) is 43.5 Å². The van der Waals surface area contributed by atoms with E-state index in [-0.39, 0.29) is 16.8 Å². The highest BCUT2D eigenvalue weighted by atomic mass is 32.2. The third-order valence-electron chi connectivity index (χ3n) is 5.69. The van der Waals surface area contributed by atoms with Gasteiger partial charge in [0.15, 0.2) is 0 Å². The van der Waals surface area contributed by atoms with Crippen LogP contribution in [-0.4, -0.2) is 38.4 Å². The Morgan fingerprint density at radius 3 is 2.48 bits per heavy atom. The van der Waals surface area contributed by atoms with Crippen LogP contribution >= 0.6 is 0 Å². The van der Waals surface area contributed by atoms with Crippen molar-refractivity contribution >= 4 is 21.6 Å². The number of primary sulfonamides is 1. The molecule has 2 aromatic rings. The number of carbonyl (C=O) groups excluding carboxylic acids is 1. The van der Waals surface area contributed by atoms with Crippen LogP contribution in [0.15, 0.2) is 59.5 Å². The lowest BCUT2D eigenvalue weighted by molar-refractivity contribution is -0.121. The first-order valence-corrected chi connectivity index (χ1v) is 11.6. The molecular formula is C22H29N3O3S. The number of nitrogens with two attached hydrogens (primary N) is 1. The van der Waals surface area contributed by atoms with E-state index in [1.54, 1.807) is 12.1 Å². The number of amides is 1. The second kappa shape index (κ2) is 9.52. The Labute approximate surface area is 173 Å². The van der Waals surface area contributed by atoms with Gasteiger partial charge in [0.25, 0.3) is 0 Å². The molecule has 0 radical (unpaired) electrons. The number of aryl methyl sites for hydroxylation is 1. The molecule has 29 heavy (non-hydrogen) atoms. The fourth-order valence-corrected chi connectivity index (χ4v) is 4.37. The Kier molecular flexibility index (Phi) is 7.05. The lowest BCUT2D eigenvalue weighted by Gasteiger charge is -2.35. The Morgan fingerprint density at radius 1 is 1.14 bits per heavy atom. The molecule has 1 amide bonds. The fourth-order valence-electron chi connectivity index (χ4n) is 3.81. The summed E-state index contributed by atoms with van der Waals surface area (Å²) in [6.45, 7) is 3.68. The second-order valence-corrected chi connectivity index (χ2v) is 9.30. The van der Waals surface area contributed by atoms with Crippen LogP contribution in [0.4, 0.5) is 5.69 Å². The van der Waals surface area contributed by atoms with Gasteiger partial charge in [0.1, 0.15) is 0 Å². The van der Waals surface area contributed by atoms with Gasteiger partial charge in [-0.15, -0.1) is 0 Å². The van der Waals surface area contributed by atoms with Gasteiger partial charge in [0.05, 0.1) is 10.9 Å². The largest absolute Gasteiger partial charge is 0.325 e. The number of hydrogen-bond donors (Lipinski definition) is 2. The number of rotatable bonds is 7. The first-order chi connectivity index (χ1) is 13.8. The number of likely N-dealkylation sites (tertiary alicyclic amines) is 1. The molecule has 3 rings (SSSR count). The van der Waals surface area contributed by atoms with E-state index in [0.29, 0.717) is 11.6 Å². The van der Waals surface area contributed by atoms with E-state index in [2.05, 4.69) is 34.5 Å². The maximum Gasteiger partial charge on any atom is 0.241 e. The number of hydrogen-bond acceptors (Lipinski definition) is 4. The lowest BCUT2D eigenvalue weighted by atomic mass is 9.90. The smallest absolute Gasteiger partial charge is 0.241 e. The van der Waals surface area contributed by atoms with Gasteiger partial charge in [-0.25, -0.2) is 13.6 Å². The van der Waals surface area contributed by atoms with E-state index in [1.165, 1.54) is 24.1 Å². The summed E-state index contributed by atoms with van der Waals surface area (Å²) in [7, 11) is -3.80. The minimum absolute atomic E-state index is 0.0119. The number of carbonyl (C=O) groups is 1. The average Bonchev–Trinajstić information content (AvgIpc) is 2.72. The molecule has 1 fully saturated rings. The van der Waals surface area contributed by atoms with Crippen molar-refractivity contribution in [3.63, 3.8) is 0 Å². The first kappa shape index (κ1) is 21.5. The maximum absolute atomic E-state index is 12.6. The summed E-state index contributed by atoms with van der Waals surface area (Å²) in [6.07, 6.45) is 4.46. The zero-order valence-corrected chi connectivity index (χ0v) is 17.6. The Balaban J connectivity index is 1.48. The third kappa shape index (κ3) is 6.13. The van der Waals surface area contributed by atoms with Gasteiger partial charge in [0.2, 0.25) is 15.9 Å². The molecule has 1 heterocycles. The van der Waals surface area contributed by atoms with Crippen molar-refractivity contribution in [1.82, 2.24) is 4.90 Å². The summed E-state index contributed by atoms with van der Waals surface area (Å²) in [4.78, 5) is 14.8. The van der Waals surface area contributed by atoms with Gasteiger partial charge in [0, 0.05) is 5.69 Å². The van der Waals surface area contributed by atoms with Gasteiger partial charge in [-0.1, -0.05) is 36.4 Å². The van der Waals surface area contributed by atoms with E-state index in [0.717, 1.165) is 32.4 Å². The van der Waals surface area contributed by atoms with E-state index >= 15 is 0 Å². The van der Waals surface area contributed by atoms with Gasteiger partial charge < -0.3 is 5.32 Å². The third-order valence-corrected chi connectivity index (χ3v) is 6.60. The van der Waals surface area contributed by atoms with Crippen molar-refractivity contribution in [2.75, 3.05) is 18.4 Å². The Morgan fingerprint density at radius 2 is 1.83 bits per heavy atom. The molecule has 1 aliphatic rings. The van der Waals surface area contributed by atoms with E-state index in [4.69, 9.17) is 5.14 Å². The molecule has 156 valence electrons. The standard InChI is InChI=1S/C22H29N3O3S/c1-17(22(26)24-20-8-5-9-21(16-20)29(23,27)28)25-14-12-19(13-15-25)11-10-18-6-3-2-4-7-18/h2-9,16-17,19H,10-15H2,1H3,(H,24,26)(H2,23,27,28)/t17-/m0/s1. The van der Waals surface area contributed by atoms with E-state index in [9.17, 15) is 13.2 Å². The minimum atomic E-state index is -3.80. The molecule has 2 aromatic carbocycles. The van der Waals surface area contributed by atoms with Crippen LogP contribution in [0, 0.1) is 5.92 Å². The number of anilines is 1. The van der Waals surface area contributed by atoms with Crippen LogP contribution in [-0.2, 0) is 21.2 Å². The van der Waals surface area contributed by atoms with E-state index in [1.807, 2.05) is 13.0 Å². The van der Waals surface area contributed by atoms with E-state index < -0.39 is 10.0 Å². The number of nitrogens with one attached hydrogen (secondary N) is 1. The monoisotopic (exact) mass is 415 g/mol. The molecule has 7 heteroatoms. The van der Waals surface area contributed by atoms with Crippen LogP contribution in [0.25, 0.3) is 0 Å². The van der Waals surface area contributed by atoms with Crippen LogP contribution < -0.4 is 10.5 Å². The molecule has 3 N–H and O–H groups in total. The Hall–Kier alpha value is -2.22. The van der Waals surface area contributed by atoms with Crippen molar-refractivity contribution in [3.8, 4) is 0 Å². The summed E-state index contributed by atoms with van der Waals surface area (Å²) in [5.74, 6) is 0.549. The van der Waals surface area contributed by atoms with Crippen molar-refractivity contribution in [2.24, 2.45) is 11.1 Å². The second-order valence-electron chi connectivity index (χ2n) is 7.74. The molecule has 0 bridgehead atoms. The van der Waals surface area contributed by atoms with Gasteiger partial charge >= 0.3 is 0 Å². The van der Waals surface area contributed by atoms with Crippen LogP contribution in [0.2, 0.25) is 0 Å². The normalized spacial score (nSPS) is 17.0. The number of benzene rings is 2. The van der Waals surface area contributed by atoms with Gasteiger partial charge in [-0.05, 0) is 75.4 Å². The highest BCUT2D eigenvalue weighted by molar-refractivity contribution is 7.89. The van der Waals surface area contributed by atoms with Crippen molar-refractivity contribution in [3.05, 3.63) is 60.2 Å². The molecule has 1 atom stereocenters. The molecule has 0 spiro atoms. The summed E-state index contributed by atoms with van der Waals surface area (Å²) >= 11 is 0. The molecule has 6 nitrogen and oxygen atoms in total. The molecule has 1 aliphatic heterocycles. The number of nitrogens with zero attached hydrogens (tertiary/aromatic N) is 1. The highest BCUT2D eigenvalue weighted by Crippen LogP contribution is 2.24. The number of piperidine rings is 1. The zero-order chi connectivity index (χ0) is 20.9. The molecular weight excluding hydrogens is 386 g/mol. The average molecular weight is 416 g/mol. The predicted octanol–water partition coefficient (Wildman–Crippen LogP) is 3.01. The molecule has 0 saturated carbocycles. The number of sulfonamides is 1. The summed E-state index contributed by atoms with van der Waals surface area (Å²) in [5.41, 5.74) is 1.82. The zero-order valence-electron chi connectivity index (χ0n) is 16.8. The van der Waals surface area contributed by atoms with Crippen molar-refractivity contribution < 1.29 is 13.2 Å². The molecule has 0 aliphatic carbocycles. The molecule has 1 saturated heterocycles. The molecule has 0 aromatic heterocycles. The van der Waals surface area contributed by atoms with Crippen LogP contribution in [0.5, 0.6) is 0 Å². The summed E-state index contributed by atoms with van der Waals surface area (Å²) in [5, 5.41) is 7.97. The lowest BCUT2D eigenvalue weighted by Crippen LogP contribution is -2.46. The highest BCUT2D eigenvalue weighted by Gasteiger charge is 2.26. The van der Waals surface area contributed by atoms with Gasteiger partial charge in [-0.2, -0.15) is 0 Å². The minimum Gasteiger partial charge on any atom is -0.325 e. The Bertz CT molecular complexity index is 923. The van der Waals surface area contributed by atoms with Crippen LogP contribution in [0.3, 0.4) is 0 Å². The summed E-state index contributed by atoms with van der Waals surface area (Å²) < 4.78 is 23.0. The maximum atomic E-state index is 12.6. The predicted molar refractivity (Wildman–Crippen MR) is 115 cm³/mol.